The minimum Gasteiger partial charge on any atom is -0.384 e. The Labute approximate surface area is 173 Å². The predicted octanol–water partition coefficient (Wildman–Crippen LogP) is 2.58. The molecule has 0 aromatic carbocycles. The highest BCUT2D eigenvalue weighted by molar-refractivity contribution is 6.01. The summed E-state index contributed by atoms with van der Waals surface area (Å²) in [6.07, 6.45) is 5.90. The van der Waals surface area contributed by atoms with Crippen LogP contribution in [0.3, 0.4) is 0 Å². The second-order valence-electron chi connectivity index (χ2n) is 7.71. The number of ether oxygens (including phenoxy) is 1. The number of hydrogen-bond donors (Lipinski definition) is 2. The molecule has 0 amide bonds. The lowest BCUT2D eigenvalue weighted by molar-refractivity contribution is -0.00524. The second-order valence-corrected chi connectivity index (χ2v) is 7.71. The Hall–Kier alpha value is -3.46. The van der Waals surface area contributed by atoms with Crippen molar-refractivity contribution >= 4 is 33.7 Å². The van der Waals surface area contributed by atoms with E-state index >= 15 is 0 Å². The van der Waals surface area contributed by atoms with Gasteiger partial charge in [-0.2, -0.15) is 0 Å². The molecular formula is C21H24N8O. The Balaban J connectivity index is 1.58. The van der Waals surface area contributed by atoms with Gasteiger partial charge in [-0.1, -0.05) is 0 Å². The van der Waals surface area contributed by atoms with Gasteiger partial charge in [-0.3, -0.25) is 0 Å². The molecule has 1 fully saturated rings. The topological polar surface area (TPSA) is 106 Å². The summed E-state index contributed by atoms with van der Waals surface area (Å²) >= 11 is 0. The number of nitrogen functional groups attached to an aromatic ring is 1. The minimum absolute atomic E-state index is 0.193. The molecule has 9 nitrogen and oxygen atoms in total. The lowest BCUT2D eigenvalue weighted by atomic mass is 10.1. The molecule has 0 radical (unpaired) electrons. The molecule has 2 atom stereocenters. The molecule has 154 valence electrons. The summed E-state index contributed by atoms with van der Waals surface area (Å²) in [5.74, 6) is 1.78. The van der Waals surface area contributed by atoms with Crippen molar-refractivity contribution in [1.29, 1.82) is 0 Å². The van der Waals surface area contributed by atoms with Crippen molar-refractivity contribution in [1.82, 2.24) is 24.6 Å². The van der Waals surface area contributed by atoms with E-state index in [0.717, 1.165) is 46.6 Å². The highest BCUT2D eigenvalue weighted by Crippen LogP contribution is 2.31. The van der Waals surface area contributed by atoms with Crippen molar-refractivity contribution in [3.8, 4) is 11.4 Å². The van der Waals surface area contributed by atoms with Gasteiger partial charge in [0.15, 0.2) is 11.5 Å². The van der Waals surface area contributed by atoms with Crippen LogP contribution in [0.15, 0.2) is 36.8 Å². The molecule has 1 saturated heterocycles. The van der Waals surface area contributed by atoms with Crippen LogP contribution in [0.25, 0.3) is 27.8 Å². The van der Waals surface area contributed by atoms with Crippen LogP contribution in [0.4, 0.5) is 17.3 Å². The summed E-state index contributed by atoms with van der Waals surface area (Å²) in [4.78, 5) is 15.8. The average Bonchev–Trinajstić information content (AvgIpc) is 3.15. The summed E-state index contributed by atoms with van der Waals surface area (Å²) in [5.41, 5.74) is 8.64. The van der Waals surface area contributed by atoms with Gasteiger partial charge in [-0.05, 0) is 32.0 Å². The summed E-state index contributed by atoms with van der Waals surface area (Å²) < 4.78 is 7.67. The van der Waals surface area contributed by atoms with E-state index in [1.165, 1.54) is 0 Å². The Kier molecular flexibility index (Phi) is 4.39. The van der Waals surface area contributed by atoms with Crippen LogP contribution in [0.1, 0.15) is 13.8 Å². The highest BCUT2D eigenvalue weighted by Gasteiger charge is 2.23. The molecule has 0 saturated carbocycles. The maximum Gasteiger partial charge on any atom is 0.184 e. The van der Waals surface area contributed by atoms with Crippen molar-refractivity contribution in [2.24, 2.45) is 0 Å². The fraction of sp³-hybridized carbons (Fsp3) is 0.333. The maximum absolute atomic E-state index is 5.95. The number of fused-ring (bicyclic) bond motifs is 2. The number of pyridine rings is 3. The SMILES string of the molecule is CNc1ncc(-c2nc3ccc(N4C[C@@H](C)O[C@@H](C)C4)cn3n2)c2cc(N)ncc12. The smallest absolute Gasteiger partial charge is 0.184 e. The van der Waals surface area contributed by atoms with Gasteiger partial charge in [0.2, 0.25) is 0 Å². The molecule has 9 heteroatoms. The number of hydrogen-bond acceptors (Lipinski definition) is 8. The Morgan fingerprint density at radius 3 is 2.67 bits per heavy atom. The normalized spacial score (nSPS) is 19.5. The molecule has 3 N–H and O–H groups in total. The first kappa shape index (κ1) is 18.6. The van der Waals surface area contributed by atoms with Gasteiger partial charge in [0.25, 0.3) is 0 Å². The first-order chi connectivity index (χ1) is 14.5. The molecule has 30 heavy (non-hydrogen) atoms. The molecule has 4 aromatic rings. The third-order valence-electron chi connectivity index (χ3n) is 5.37. The summed E-state index contributed by atoms with van der Waals surface area (Å²) in [5, 5.41) is 9.62. The standard InChI is InChI=1S/C21H24N8O/c1-12-9-28(10-13(2)30-12)14-4-5-19-26-21(27-29(19)11-14)17-8-25-20(23-3)16-7-24-18(22)6-15(16)17/h4-8,11-13H,9-10H2,1-3H3,(H2,22,24)(H,23,25)/t12-,13+. The zero-order valence-corrected chi connectivity index (χ0v) is 17.2. The van der Waals surface area contributed by atoms with Gasteiger partial charge in [0.05, 0.1) is 24.1 Å². The largest absolute Gasteiger partial charge is 0.384 e. The summed E-state index contributed by atoms with van der Waals surface area (Å²) in [6.45, 7) is 5.90. The summed E-state index contributed by atoms with van der Waals surface area (Å²) in [7, 11) is 1.83. The van der Waals surface area contributed by atoms with Crippen molar-refractivity contribution in [3.05, 3.63) is 36.8 Å². The van der Waals surface area contributed by atoms with Gasteiger partial charge in [0.1, 0.15) is 11.6 Å². The number of nitrogens with two attached hydrogens (primary N) is 1. The molecule has 1 aliphatic heterocycles. The van der Waals surface area contributed by atoms with E-state index < -0.39 is 0 Å². The van der Waals surface area contributed by atoms with Gasteiger partial charge in [-0.25, -0.2) is 19.5 Å². The Morgan fingerprint density at radius 1 is 1.10 bits per heavy atom. The molecule has 5 heterocycles. The number of nitrogens with one attached hydrogen (secondary N) is 1. The average molecular weight is 404 g/mol. The number of anilines is 3. The van der Waals surface area contributed by atoms with Gasteiger partial charge >= 0.3 is 0 Å². The zero-order chi connectivity index (χ0) is 20.8. The van der Waals surface area contributed by atoms with E-state index in [1.807, 2.05) is 29.9 Å². The second kappa shape index (κ2) is 7.10. The first-order valence-corrected chi connectivity index (χ1v) is 10.0. The lowest BCUT2D eigenvalue weighted by Gasteiger charge is -2.36. The van der Waals surface area contributed by atoms with Crippen LogP contribution in [-0.2, 0) is 4.74 Å². The zero-order valence-electron chi connectivity index (χ0n) is 17.2. The number of rotatable bonds is 3. The van der Waals surface area contributed by atoms with Gasteiger partial charge in [0, 0.05) is 48.9 Å². The lowest BCUT2D eigenvalue weighted by Crippen LogP contribution is -2.45. The van der Waals surface area contributed by atoms with E-state index in [9.17, 15) is 0 Å². The van der Waals surface area contributed by atoms with E-state index in [4.69, 9.17) is 20.6 Å². The van der Waals surface area contributed by atoms with Crippen LogP contribution in [0.2, 0.25) is 0 Å². The van der Waals surface area contributed by atoms with Crippen molar-refractivity contribution in [2.75, 3.05) is 36.1 Å². The molecule has 0 aliphatic carbocycles. The van der Waals surface area contributed by atoms with Crippen LogP contribution in [0, 0.1) is 0 Å². The van der Waals surface area contributed by atoms with E-state index in [0.29, 0.717) is 11.6 Å². The fourth-order valence-electron chi connectivity index (χ4n) is 4.09. The number of nitrogens with zero attached hydrogens (tertiary/aromatic N) is 6. The van der Waals surface area contributed by atoms with Crippen molar-refractivity contribution < 1.29 is 4.74 Å². The number of aromatic nitrogens is 5. The number of morpholine rings is 1. The van der Waals surface area contributed by atoms with Crippen LogP contribution >= 0.6 is 0 Å². The molecule has 5 rings (SSSR count). The third kappa shape index (κ3) is 3.17. The van der Waals surface area contributed by atoms with Crippen LogP contribution in [-0.4, -0.2) is 56.9 Å². The van der Waals surface area contributed by atoms with E-state index in [-0.39, 0.29) is 12.2 Å². The molecule has 0 spiro atoms. The van der Waals surface area contributed by atoms with Crippen molar-refractivity contribution in [3.63, 3.8) is 0 Å². The van der Waals surface area contributed by atoms with Gasteiger partial charge < -0.3 is 20.7 Å². The van der Waals surface area contributed by atoms with E-state index in [1.54, 1.807) is 12.4 Å². The molecular weight excluding hydrogens is 380 g/mol. The fourth-order valence-corrected chi connectivity index (χ4v) is 4.09. The first-order valence-electron chi connectivity index (χ1n) is 10.0. The van der Waals surface area contributed by atoms with Gasteiger partial charge in [-0.15, -0.1) is 5.10 Å². The molecule has 0 unspecified atom stereocenters. The third-order valence-corrected chi connectivity index (χ3v) is 5.37. The Bertz CT molecular complexity index is 1230. The minimum atomic E-state index is 0.193. The molecule has 4 aromatic heterocycles. The quantitative estimate of drug-likeness (QED) is 0.537. The van der Waals surface area contributed by atoms with Crippen LogP contribution < -0.4 is 16.0 Å². The monoisotopic (exact) mass is 404 g/mol. The molecule has 0 bridgehead atoms. The van der Waals surface area contributed by atoms with Crippen LogP contribution in [0.5, 0.6) is 0 Å². The Morgan fingerprint density at radius 2 is 1.90 bits per heavy atom. The van der Waals surface area contributed by atoms with E-state index in [2.05, 4.69) is 40.1 Å². The molecule has 1 aliphatic rings. The summed E-state index contributed by atoms with van der Waals surface area (Å²) in [6, 6.07) is 5.91. The maximum atomic E-state index is 5.95. The predicted molar refractivity (Wildman–Crippen MR) is 118 cm³/mol. The highest BCUT2D eigenvalue weighted by atomic mass is 16.5. The van der Waals surface area contributed by atoms with Crippen molar-refractivity contribution in [2.45, 2.75) is 26.1 Å².